The molecule has 0 fully saturated rings. The van der Waals surface area contributed by atoms with Crippen LogP contribution in [0.5, 0.6) is 17.2 Å². The Morgan fingerprint density at radius 3 is 2.41 bits per heavy atom. The number of fused-ring (bicyclic) bond motifs is 1. The van der Waals surface area contributed by atoms with Gasteiger partial charge in [-0.2, -0.15) is 0 Å². The van der Waals surface area contributed by atoms with Gasteiger partial charge in [0.1, 0.15) is 5.75 Å². The molecule has 2 heterocycles. The molecule has 0 saturated carbocycles. The van der Waals surface area contributed by atoms with E-state index in [0.717, 1.165) is 10.5 Å². The monoisotopic (exact) mass is 445 g/mol. The van der Waals surface area contributed by atoms with E-state index in [0.29, 0.717) is 33.3 Å². The average Bonchev–Trinajstić information content (AvgIpc) is 3.38. The van der Waals surface area contributed by atoms with Gasteiger partial charge in [-0.05, 0) is 47.5 Å². The van der Waals surface area contributed by atoms with E-state index in [2.05, 4.69) is 0 Å². The average molecular weight is 445 g/mol. The summed E-state index contributed by atoms with van der Waals surface area (Å²) in [5.41, 5.74) is 1.86. The third-order valence-corrected chi connectivity index (χ3v) is 6.34. The number of hydrogen-bond acceptors (Lipinski definition) is 6. The van der Waals surface area contributed by atoms with Crippen molar-refractivity contribution < 1.29 is 23.8 Å². The van der Waals surface area contributed by atoms with Crippen LogP contribution in [0.1, 0.15) is 11.1 Å². The van der Waals surface area contributed by atoms with Crippen molar-refractivity contribution >= 4 is 29.1 Å². The summed E-state index contributed by atoms with van der Waals surface area (Å²) >= 11 is 1.30. The zero-order valence-electron chi connectivity index (χ0n) is 17.2. The molecule has 0 radical (unpaired) electrons. The first-order valence-corrected chi connectivity index (χ1v) is 10.8. The summed E-state index contributed by atoms with van der Waals surface area (Å²) in [5.74, 6) is 1.32. The highest BCUT2D eigenvalue weighted by Crippen LogP contribution is 2.41. The lowest BCUT2D eigenvalue weighted by molar-refractivity contribution is -0.137. The zero-order chi connectivity index (χ0) is 22.1. The Hall–Kier alpha value is -3.71. The smallest absolute Gasteiger partial charge is 0.268 e. The van der Waals surface area contributed by atoms with Crippen LogP contribution in [0, 0.1) is 0 Å². The molecule has 7 heteroatoms. The van der Waals surface area contributed by atoms with Crippen LogP contribution in [0.15, 0.2) is 82.6 Å². The van der Waals surface area contributed by atoms with E-state index in [1.165, 1.54) is 16.7 Å². The minimum Gasteiger partial charge on any atom is -0.497 e. The molecule has 160 valence electrons. The molecule has 2 aliphatic heterocycles. The van der Waals surface area contributed by atoms with Gasteiger partial charge < -0.3 is 14.2 Å². The van der Waals surface area contributed by atoms with Crippen LogP contribution in [-0.2, 0) is 16.1 Å². The van der Waals surface area contributed by atoms with Crippen molar-refractivity contribution in [3.8, 4) is 17.2 Å². The fourth-order valence-corrected chi connectivity index (χ4v) is 4.67. The summed E-state index contributed by atoms with van der Waals surface area (Å²) in [5, 5.41) is 0. The molecule has 0 atom stereocenters. The van der Waals surface area contributed by atoms with E-state index in [1.54, 1.807) is 43.5 Å². The van der Waals surface area contributed by atoms with Crippen LogP contribution >= 0.6 is 11.8 Å². The first-order chi connectivity index (χ1) is 15.6. The molecular weight excluding hydrogens is 426 g/mol. The van der Waals surface area contributed by atoms with Crippen LogP contribution < -0.4 is 14.2 Å². The summed E-state index contributed by atoms with van der Waals surface area (Å²) in [6, 6.07) is 22.2. The quantitative estimate of drug-likeness (QED) is 0.521. The summed E-state index contributed by atoms with van der Waals surface area (Å²) in [4.78, 5) is 29.4. The number of nitrogens with zero attached hydrogens (tertiary/aromatic N) is 1. The Kier molecular flexibility index (Phi) is 5.33. The molecule has 0 aromatic heterocycles. The number of rotatable bonds is 6. The van der Waals surface area contributed by atoms with Gasteiger partial charge in [0.15, 0.2) is 11.5 Å². The SMILES string of the molecule is COc1ccc(C2=C(Sc3ccccc3)C(=O)N(Cc3ccc4c(c3)OCO4)C2=O)cc1. The Labute approximate surface area is 189 Å². The third-order valence-electron chi connectivity index (χ3n) is 5.24. The maximum atomic E-state index is 13.5. The first-order valence-electron chi connectivity index (χ1n) is 10.0. The van der Waals surface area contributed by atoms with Crippen molar-refractivity contribution in [3.05, 3.63) is 88.8 Å². The van der Waals surface area contributed by atoms with E-state index < -0.39 is 0 Å². The maximum absolute atomic E-state index is 13.5. The topological polar surface area (TPSA) is 65.1 Å². The van der Waals surface area contributed by atoms with E-state index in [-0.39, 0.29) is 25.2 Å². The standard InChI is InChI=1S/C25H19NO5S/c1-29-18-10-8-17(9-11-18)22-23(32-19-5-3-2-4-6-19)25(28)26(24(22)27)14-16-7-12-20-21(13-16)31-15-30-20/h2-13H,14-15H2,1H3. The van der Waals surface area contributed by atoms with E-state index in [1.807, 2.05) is 36.4 Å². The van der Waals surface area contributed by atoms with Crippen LogP contribution in [0.4, 0.5) is 0 Å². The number of benzene rings is 3. The first kappa shape index (κ1) is 20.2. The molecule has 2 amide bonds. The van der Waals surface area contributed by atoms with Crippen molar-refractivity contribution in [2.75, 3.05) is 13.9 Å². The van der Waals surface area contributed by atoms with Gasteiger partial charge in [-0.25, -0.2) is 0 Å². The second kappa shape index (κ2) is 8.43. The highest BCUT2D eigenvalue weighted by molar-refractivity contribution is 8.04. The van der Waals surface area contributed by atoms with Crippen LogP contribution in [0.25, 0.3) is 5.57 Å². The number of imide groups is 1. The normalized spacial score (nSPS) is 15.0. The number of methoxy groups -OCH3 is 1. The van der Waals surface area contributed by atoms with E-state index in [4.69, 9.17) is 14.2 Å². The molecule has 0 bridgehead atoms. The molecule has 2 aliphatic rings. The second-order valence-electron chi connectivity index (χ2n) is 7.23. The fourth-order valence-electron chi connectivity index (χ4n) is 3.63. The minimum atomic E-state index is -0.323. The Morgan fingerprint density at radius 1 is 0.906 bits per heavy atom. The van der Waals surface area contributed by atoms with Gasteiger partial charge in [0.25, 0.3) is 11.8 Å². The van der Waals surface area contributed by atoms with Gasteiger partial charge in [-0.15, -0.1) is 0 Å². The Morgan fingerprint density at radius 2 is 1.66 bits per heavy atom. The molecule has 0 unspecified atom stereocenters. The summed E-state index contributed by atoms with van der Waals surface area (Å²) in [6.07, 6.45) is 0. The number of amides is 2. The molecule has 0 N–H and O–H groups in total. The van der Waals surface area contributed by atoms with Crippen LogP contribution in [0.3, 0.4) is 0 Å². The molecule has 0 aliphatic carbocycles. The van der Waals surface area contributed by atoms with Crippen LogP contribution in [0.2, 0.25) is 0 Å². The maximum Gasteiger partial charge on any atom is 0.268 e. The number of thioether (sulfide) groups is 1. The summed E-state index contributed by atoms with van der Waals surface area (Å²) in [6.45, 7) is 0.314. The molecule has 0 spiro atoms. The predicted molar refractivity (Wildman–Crippen MR) is 120 cm³/mol. The van der Waals surface area contributed by atoms with Gasteiger partial charge in [0.05, 0.1) is 24.1 Å². The molecule has 6 nitrogen and oxygen atoms in total. The van der Waals surface area contributed by atoms with Gasteiger partial charge >= 0.3 is 0 Å². The summed E-state index contributed by atoms with van der Waals surface area (Å²) < 4.78 is 16.0. The van der Waals surface area contributed by atoms with Crippen molar-refractivity contribution in [3.63, 3.8) is 0 Å². The Bertz CT molecular complexity index is 1220. The summed E-state index contributed by atoms with van der Waals surface area (Å²) in [7, 11) is 1.59. The van der Waals surface area contributed by atoms with Crippen molar-refractivity contribution in [2.24, 2.45) is 0 Å². The van der Waals surface area contributed by atoms with Gasteiger partial charge in [0, 0.05) is 4.90 Å². The van der Waals surface area contributed by atoms with Gasteiger partial charge in [-0.1, -0.05) is 48.2 Å². The highest BCUT2D eigenvalue weighted by atomic mass is 32.2. The largest absolute Gasteiger partial charge is 0.497 e. The van der Waals surface area contributed by atoms with Crippen LogP contribution in [-0.4, -0.2) is 30.6 Å². The minimum absolute atomic E-state index is 0.146. The molecule has 3 aromatic rings. The zero-order valence-corrected chi connectivity index (χ0v) is 18.1. The predicted octanol–water partition coefficient (Wildman–Crippen LogP) is 4.50. The van der Waals surface area contributed by atoms with Gasteiger partial charge in [-0.3, -0.25) is 14.5 Å². The molecule has 32 heavy (non-hydrogen) atoms. The molecular formula is C25H19NO5S. The van der Waals surface area contributed by atoms with E-state index in [9.17, 15) is 9.59 Å². The molecule has 3 aromatic carbocycles. The van der Waals surface area contributed by atoms with E-state index >= 15 is 0 Å². The lowest BCUT2D eigenvalue weighted by atomic mass is 10.1. The number of carbonyl (C=O) groups excluding carboxylic acids is 2. The third kappa shape index (κ3) is 3.71. The lowest BCUT2D eigenvalue weighted by Crippen LogP contribution is -2.30. The lowest BCUT2D eigenvalue weighted by Gasteiger charge is -2.15. The highest BCUT2D eigenvalue weighted by Gasteiger charge is 2.39. The van der Waals surface area contributed by atoms with Crippen molar-refractivity contribution in [2.45, 2.75) is 11.4 Å². The number of carbonyl (C=O) groups is 2. The number of hydrogen-bond donors (Lipinski definition) is 0. The Balaban J connectivity index is 1.50. The molecule has 5 rings (SSSR count). The second-order valence-corrected chi connectivity index (χ2v) is 8.32. The number of ether oxygens (including phenoxy) is 3. The van der Waals surface area contributed by atoms with Crippen molar-refractivity contribution in [1.29, 1.82) is 0 Å². The van der Waals surface area contributed by atoms with Crippen molar-refractivity contribution in [1.82, 2.24) is 4.90 Å². The molecule has 0 saturated heterocycles. The fraction of sp³-hybridized carbons (Fsp3) is 0.120. The van der Waals surface area contributed by atoms with Gasteiger partial charge in [0.2, 0.25) is 6.79 Å².